The Kier molecular flexibility index (Phi) is 5.89. The van der Waals surface area contributed by atoms with E-state index in [0.717, 1.165) is 12.1 Å². The third kappa shape index (κ3) is 4.53. The minimum atomic E-state index is -0.167. The van der Waals surface area contributed by atoms with Crippen molar-refractivity contribution in [2.45, 2.75) is 12.8 Å². The summed E-state index contributed by atoms with van der Waals surface area (Å²) in [5.41, 5.74) is 1.06. The third-order valence-electron chi connectivity index (χ3n) is 4.04. The molecule has 120 valence electrons. The number of carbonyl (C=O) groups is 2. The Morgan fingerprint density at radius 1 is 1.36 bits per heavy atom. The molecule has 0 aromatic carbocycles. The van der Waals surface area contributed by atoms with Gasteiger partial charge in [-0.2, -0.15) is 0 Å². The van der Waals surface area contributed by atoms with Gasteiger partial charge in [0, 0.05) is 52.0 Å². The van der Waals surface area contributed by atoms with Gasteiger partial charge in [-0.3, -0.25) is 14.6 Å². The van der Waals surface area contributed by atoms with E-state index in [-0.39, 0.29) is 17.7 Å². The molecule has 2 rings (SSSR count). The van der Waals surface area contributed by atoms with Gasteiger partial charge in [-0.05, 0) is 25.1 Å². The summed E-state index contributed by atoms with van der Waals surface area (Å²) in [5.74, 6) is -0.0632. The van der Waals surface area contributed by atoms with Crippen molar-refractivity contribution < 1.29 is 9.59 Å². The molecule has 0 unspecified atom stereocenters. The molecule has 0 spiro atoms. The summed E-state index contributed by atoms with van der Waals surface area (Å²) < 4.78 is 0. The number of aryl methyl sites for hydroxylation is 1. The highest BCUT2D eigenvalue weighted by atomic mass is 16.2. The summed E-state index contributed by atoms with van der Waals surface area (Å²) in [6.07, 6.45) is 4.65. The maximum absolute atomic E-state index is 12.4. The molecule has 2 heterocycles. The van der Waals surface area contributed by atoms with E-state index in [2.05, 4.69) is 15.2 Å². The van der Waals surface area contributed by atoms with Crippen LogP contribution in [-0.2, 0) is 16.0 Å². The highest BCUT2D eigenvalue weighted by Gasteiger charge is 2.28. The summed E-state index contributed by atoms with van der Waals surface area (Å²) in [5, 5.41) is 2.69. The zero-order valence-corrected chi connectivity index (χ0v) is 13.3. The number of aromatic nitrogens is 1. The Morgan fingerprint density at radius 2 is 2.18 bits per heavy atom. The monoisotopic (exact) mass is 304 g/mol. The molecule has 0 radical (unpaired) electrons. The fourth-order valence-electron chi connectivity index (χ4n) is 2.73. The van der Waals surface area contributed by atoms with Crippen LogP contribution in [0.15, 0.2) is 24.5 Å². The van der Waals surface area contributed by atoms with Crippen LogP contribution in [-0.4, -0.2) is 66.9 Å². The lowest BCUT2D eigenvalue weighted by molar-refractivity contribution is -0.132. The molecule has 2 amide bonds. The van der Waals surface area contributed by atoms with E-state index >= 15 is 0 Å². The van der Waals surface area contributed by atoms with E-state index in [4.69, 9.17) is 0 Å². The Labute approximate surface area is 131 Å². The number of hydrogen-bond acceptors (Lipinski definition) is 4. The number of amides is 2. The van der Waals surface area contributed by atoms with Crippen LogP contribution in [0.5, 0.6) is 0 Å². The molecule has 1 aromatic rings. The van der Waals surface area contributed by atoms with Crippen LogP contribution < -0.4 is 5.32 Å². The lowest BCUT2D eigenvalue weighted by Crippen LogP contribution is -2.41. The molecule has 0 aliphatic carbocycles. The predicted octanol–water partition coefficient (Wildman–Crippen LogP) is 0.150. The van der Waals surface area contributed by atoms with Crippen LogP contribution in [0.2, 0.25) is 0 Å². The third-order valence-corrected chi connectivity index (χ3v) is 4.04. The predicted molar refractivity (Wildman–Crippen MR) is 84.2 cm³/mol. The summed E-state index contributed by atoms with van der Waals surface area (Å²) in [6, 6.07) is 3.85. The molecule has 1 N–H and O–H groups in total. The number of nitrogens with zero attached hydrogens (tertiary/aromatic N) is 3. The molecule has 22 heavy (non-hydrogen) atoms. The molecule has 1 aliphatic rings. The zero-order chi connectivity index (χ0) is 15.9. The summed E-state index contributed by atoms with van der Waals surface area (Å²) in [4.78, 5) is 32.4. The first-order valence-corrected chi connectivity index (χ1v) is 7.67. The minimum Gasteiger partial charge on any atom is -0.359 e. The van der Waals surface area contributed by atoms with Gasteiger partial charge in [0.05, 0.1) is 5.92 Å². The number of carbonyl (C=O) groups excluding carboxylic acids is 2. The fraction of sp³-hybridized carbons (Fsp3) is 0.562. The normalized spacial score (nSPS) is 19.5. The van der Waals surface area contributed by atoms with E-state index in [0.29, 0.717) is 32.5 Å². The van der Waals surface area contributed by atoms with Gasteiger partial charge in [0.25, 0.3) is 0 Å². The van der Waals surface area contributed by atoms with Crippen LogP contribution in [0.4, 0.5) is 0 Å². The van der Waals surface area contributed by atoms with Crippen molar-refractivity contribution in [2.75, 3.05) is 40.3 Å². The first-order chi connectivity index (χ1) is 10.6. The van der Waals surface area contributed by atoms with Crippen molar-refractivity contribution in [2.24, 2.45) is 5.92 Å². The molecule has 0 bridgehead atoms. The molecule has 6 heteroatoms. The Hall–Kier alpha value is -1.95. The van der Waals surface area contributed by atoms with Gasteiger partial charge < -0.3 is 15.1 Å². The van der Waals surface area contributed by atoms with E-state index in [1.54, 1.807) is 19.4 Å². The molecule has 1 saturated heterocycles. The maximum Gasteiger partial charge on any atom is 0.225 e. The average molecular weight is 304 g/mol. The number of likely N-dealkylation sites (N-methyl/N-ethyl adjacent to an activating group) is 1. The van der Waals surface area contributed by atoms with Crippen molar-refractivity contribution in [1.82, 2.24) is 20.1 Å². The van der Waals surface area contributed by atoms with Crippen molar-refractivity contribution in [3.63, 3.8) is 0 Å². The summed E-state index contributed by atoms with van der Waals surface area (Å²) in [6.45, 7) is 2.66. The van der Waals surface area contributed by atoms with Crippen molar-refractivity contribution in [3.05, 3.63) is 30.1 Å². The standard InChI is InChI=1S/C16H24N4O2/c1-17-16(22)14-11-19(2)8-9-20(12-14)15(21)6-5-13-4-3-7-18-10-13/h3-4,7,10,14H,5-6,8-9,11-12H2,1-2H3,(H,17,22)/t14-/m0/s1. The SMILES string of the molecule is CNC(=O)[C@H]1CN(C)CCN(C(=O)CCc2cccnc2)C1. The Morgan fingerprint density at radius 3 is 2.86 bits per heavy atom. The van der Waals surface area contributed by atoms with Crippen molar-refractivity contribution in [1.29, 1.82) is 0 Å². The lowest BCUT2D eigenvalue weighted by atomic mass is 10.1. The zero-order valence-electron chi connectivity index (χ0n) is 13.3. The van der Waals surface area contributed by atoms with E-state index < -0.39 is 0 Å². The second-order valence-electron chi connectivity index (χ2n) is 5.77. The molecule has 1 aliphatic heterocycles. The molecule has 1 aromatic heterocycles. The van der Waals surface area contributed by atoms with Crippen molar-refractivity contribution in [3.8, 4) is 0 Å². The Balaban J connectivity index is 1.94. The Bertz CT molecular complexity index is 506. The maximum atomic E-state index is 12.4. The molecule has 0 saturated carbocycles. The quantitative estimate of drug-likeness (QED) is 0.860. The van der Waals surface area contributed by atoms with Gasteiger partial charge in [-0.25, -0.2) is 0 Å². The fourth-order valence-corrected chi connectivity index (χ4v) is 2.73. The van der Waals surface area contributed by atoms with Gasteiger partial charge in [0.2, 0.25) is 11.8 Å². The average Bonchev–Trinajstić information content (AvgIpc) is 2.75. The number of hydrogen-bond donors (Lipinski definition) is 1. The summed E-state index contributed by atoms with van der Waals surface area (Å²) in [7, 11) is 3.63. The van der Waals surface area contributed by atoms with Gasteiger partial charge in [-0.1, -0.05) is 6.07 Å². The van der Waals surface area contributed by atoms with Gasteiger partial charge in [0.1, 0.15) is 0 Å². The van der Waals surface area contributed by atoms with Crippen LogP contribution in [0.3, 0.4) is 0 Å². The van der Waals surface area contributed by atoms with Crippen LogP contribution in [0.25, 0.3) is 0 Å². The molecule has 1 fully saturated rings. The molecule has 6 nitrogen and oxygen atoms in total. The molecule has 1 atom stereocenters. The largest absolute Gasteiger partial charge is 0.359 e. The topological polar surface area (TPSA) is 65.5 Å². The number of nitrogens with one attached hydrogen (secondary N) is 1. The first kappa shape index (κ1) is 16.4. The second-order valence-corrected chi connectivity index (χ2v) is 5.77. The summed E-state index contributed by atoms with van der Waals surface area (Å²) >= 11 is 0. The lowest BCUT2D eigenvalue weighted by Gasteiger charge is -2.23. The van der Waals surface area contributed by atoms with Gasteiger partial charge >= 0.3 is 0 Å². The highest BCUT2D eigenvalue weighted by molar-refractivity contribution is 5.81. The molecular weight excluding hydrogens is 280 g/mol. The minimum absolute atomic E-state index is 0.00110. The first-order valence-electron chi connectivity index (χ1n) is 7.67. The van der Waals surface area contributed by atoms with Crippen LogP contribution >= 0.6 is 0 Å². The van der Waals surface area contributed by atoms with Gasteiger partial charge in [0.15, 0.2) is 0 Å². The highest BCUT2D eigenvalue weighted by Crippen LogP contribution is 2.11. The smallest absolute Gasteiger partial charge is 0.225 e. The van der Waals surface area contributed by atoms with Gasteiger partial charge in [-0.15, -0.1) is 0 Å². The second kappa shape index (κ2) is 7.89. The van der Waals surface area contributed by atoms with Crippen molar-refractivity contribution >= 4 is 11.8 Å². The van der Waals surface area contributed by atoms with E-state index in [9.17, 15) is 9.59 Å². The van der Waals surface area contributed by atoms with E-state index in [1.165, 1.54) is 0 Å². The van der Waals surface area contributed by atoms with Crippen LogP contribution in [0.1, 0.15) is 12.0 Å². The molecular formula is C16H24N4O2. The number of rotatable bonds is 4. The van der Waals surface area contributed by atoms with Crippen LogP contribution in [0, 0.1) is 5.92 Å². The van der Waals surface area contributed by atoms with E-state index in [1.807, 2.05) is 24.1 Å². The number of pyridine rings is 1.